The molecule has 136 valence electrons. The van der Waals surface area contributed by atoms with Crippen molar-refractivity contribution >= 4 is 15.9 Å². The molecule has 0 spiro atoms. The van der Waals surface area contributed by atoms with Crippen molar-refractivity contribution in [3.8, 4) is 0 Å². The van der Waals surface area contributed by atoms with Gasteiger partial charge in [-0.1, -0.05) is 0 Å². The van der Waals surface area contributed by atoms with E-state index in [1.165, 1.54) is 10.6 Å². The fourth-order valence-corrected chi connectivity index (χ4v) is 3.94. The molecule has 2 aromatic rings. The van der Waals surface area contributed by atoms with Crippen LogP contribution in [0, 0.1) is 5.92 Å². The van der Waals surface area contributed by atoms with Crippen LogP contribution in [0.3, 0.4) is 0 Å². The van der Waals surface area contributed by atoms with E-state index in [2.05, 4.69) is 10.4 Å². The number of nitrogens with zero attached hydrogens (tertiary/aromatic N) is 3. The number of sulfonamides is 1. The van der Waals surface area contributed by atoms with Crippen LogP contribution in [0.1, 0.15) is 24.6 Å². The Morgan fingerprint density at radius 1 is 1.40 bits per heavy atom. The first-order chi connectivity index (χ1) is 11.9. The lowest BCUT2D eigenvalue weighted by molar-refractivity contribution is -0.126. The van der Waals surface area contributed by atoms with Gasteiger partial charge in [0, 0.05) is 37.9 Å². The Morgan fingerprint density at radius 3 is 2.72 bits per heavy atom. The second-order valence-electron chi connectivity index (χ2n) is 6.20. The van der Waals surface area contributed by atoms with Gasteiger partial charge in [0.1, 0.15) is 11.8 Å². The van der Waals surface area contributed by atoms with Crippen LogP contribution in [0.4, 0.5) is 0 Å². The molecule has 0 saturated carbocycles. The summed E-state index contributed by atoms with van der Waals surface area (Å²) >= 11 is 0. The minimum absolute atomic E-state index is 0.0585. The number of carbonyl (C=O) groups excluding carboxylic acids is 1. The summed E-state index contributed by atoms with van der Waals surface area (Å²) in [7, 11) is -3.18. The first kappa shape index (κ1) is 17.7. The van der Waals surface area contributed by atoms with Crippen LogP contribution in [0.2, 0.25) is 0 Å². The van der Waals surface area contributed by atoms with Crippen molar-refractivity contribution in [2.24, 2.45) is 5.92 Å². The van der Waals surface area contributed by atoms with Crippen molar-refractivity contribution in [1.29, 1.82) is 0 Å². The predicted molar refractivity (Wildman–Crippen MR) is 91.2 cm³/mol. The van der Waals surface area contributed by atoms with E-state index in [-0.39, 0.29) is 17.9 Å². The van der Waals surface area contributed by atoms with E-state index >= 15 is 0 Å². The number of piperidine rings is 1. The Kier molecular flexibility index (Phi) is 5.24. The SMILES string of the molecule is CS(=O)(=O)N1CCC(C(=O)NCC(c2ccco2)n2cccn2)CC1. The lowest BCUT2D eigenvalue weighted by Crippen LogP contribution is -2.43. The second kappa shape index (κ2) is 7.40. The summed E-state index contributed by atoms with van der Waals surface area (Å²) in [6.07, 6.45) is 7.36. The van der Waals surface area contributed by atoms with Gasteiger partial charge in [-0.2, -0.15) is 5.10 Å². The summed E-state index contributed by atoms with van der Waals surface area (Å²) < 4.78 is 31.7. The number of aromatic nitrogens is 2. The van der Waals surface area contributed by atoms with Crippen molar-refractivity contribution in [2.45, 2.75) is 18.9 Å². The number of hydrogen-bond acceptors (Lipinski definition) is 5. The number of carbonyl (C=O) groups is 1. The lowest BCUT2D eigenvalue weighted by atomic mass is 9.97. The number of rotatable bonds is 6. The van der Waals surface area contributed by atoms with Gasteiger partial charge in [-0.15, -0.1) is 0 Å². The van der Waals surface area contributed by atoms with Crippen molar-refractivity contribution in [3.05, 3.63) is 42.6 Å². The molecule has 1 fully saturated rings. The second-order valence-corrected chi connectivity index (χ2v) is 8.18. The van der Waals surface area contributed by atoms with E-state index in [4.69, 9.17) is 4.42 Å². The van der Waals surface area contributed by atoms with Gasteiger partial charge in [-0.25, -0.2) is 12.7 Å². The third kappa shape index (κ3) is 4.29. The van der Waals surface area contributed by atoms with E-state index in [1.54, 1.807) is 23.2 Å². The average molecular weight is 366 g/mol. The van der Waals surface area contributed by atoms with Crippen molar-refractivity contribution in [1.82, 2.24) is 19.4 Å². The molecule has 3 rings (SSSR count). The number of furan rings is 1. The van der Waals surface area contributed by atoms with Crippen LogP contribution in [0.15, 0.2) is 41.3 Å². The Bertz CT molecular complexity index is 744. The van der Waals surface area contributed by atoms with Gasteiger partial charge in [0.25, 0.3) is 0 Å². The summed E-state index contributed by atoms with van der Waals surface area (Å²) in [6, 6.07) is 5.25. The Hall–Kier alpha value is -2.13. The maximum atomic E-state index is 12.5. The number of hydrogen-bond donors (Lipinski definition) is 1. The van der Waals surface area contributed by atoms with Crippen LogP contribution in [-0.2, 0) is 14.8 Å². The minimum atomic E-state index is -3.18. The summed E-state index contributed by atoms with van der Waals surface area (Å²) in [5.74, 6) is 0.487. The molecule has 25 heavy (non-hydrogen) atoms. The predicted octanol–water partition coefficient (Wildman–Crippen LogP) is 0.853. The minimum Gasteiger partial charge on any atom is -0.467 e. The van der Waals surface area contributed by atoms with Gasteiger partial charge in [-0.05, 0) is 31.0 Å². The zero-order chi connectivity index (χ0) is 17.9. The molecule has 9 heteroatoms. The summed E-state index contributed by atoms with van der Waals surface area (Å²) in [4.78, 5) is 12.5. The third-order valence-corrected chi connectivity index (χ3v) is 5.78. The van der Waals surface area contributed by atoms with Crippen LogP contribution < -0.4 is 5.32 Å². The number of amides is 1. The lowest BCUT2D eigenvalue weighted by Gasteiger charge is -2.29. The third-order valence-electron chi connectivity index (χ3n) is 4.48. The fourth-order valence-electron chi connectivity index (χ4n) is 3.06. The van der Waals surface area contributed by atoms with Gasteiger partial charge in [0.15, 0.2) is 0 Å². The van der Waals surface area contributed by atoms with Gasteiger partial charge >= 0.3 is 0 Å². The molecule has 1 unspecified atom stereocenters. The van der Waals surface area contributed by atoms with Crippen molar-refractivity contribution in [2.75, 3.05) is 25.9 Å². The van der Waals surface area contributed by atoms with E-state index in [0.29, 0.717) is 32.5 Å². The van der Waals surface area contributed by atoms with Crippen LogP contribution in [-0.4, -0.2) is 54.3 Å². The highest BCUT2D eigenvalue weighted by Gasteiger charge is 2.29. The molecule has 0 radical (unpaired) electrons. The largest absolute Gasteiger partial charge is 0.467 e. The molecule has 8 nitrogen and oxygen atoms in total. The summed E-state index contributed by atoms with van der Waals surface area (Å²) in [5.41, 5.74) is 0. The van der Waals surface area contributed by atoms with E-state index < -0.39 is 10.0 Å². The molecule has 1 amide bonds. The normalized spacial score (nSPS) is 18.1. The first-order valence-corrected chi connectivity index (χ1v) is 10.1. The van der Waals surface area contributed by atoms with Crippen LogP contribution in [0.25, 0.3) is 0 Å². The Balaban J connectivity index is 1.58. The Morgan fingerprint density at radius 2 is 2.16 bits per heavy atom. The van der Waals surface area contributed by atoms with Gasteiger partial charge in [0.2, 0.25) is 15.9 Å². The van der Waals surface area contributed by atoms with Crippen molar-refractivity contribution in [3.63, 3.8) is 0 Å². The molecule has 2 aromatic heterocycles. The van der Waals surface area contributed by atoms with E-state index in [0.717, 1.165) is 5.76 Å². The highest BCUT2D eigenvalue weighted by Crippen LogP contribution is 2.21. The average Bonchev–Trinajstić information content (AvgIpc) is 3.28. The topological polar surface area (TPSA) is 97.4 Å². The van der Waals surface area contributed by atoms with E-state index in [1.807, 2.05) is 18.3 Å². The molecule has 1 atom stereocenters. The van der Waals surface area contributed by atoms with E-state index in [9.17, 15) is 13.2 Å². The first-order valence-electron chi connectivity index (χ1n) is 8.20. The van der Waals surface area contributed by atoms with Gasteiger partial charge in [-0.3, -0.25) is 9.48 Å². The molecular formula is C16H22N4O4S. The van der Waals surface area contributed by atoms with Crippen molar-refractivity contribution < 1.29 is 17.6 Å². The summed E-state index contributed by atoms with van der Waals surface area (Å²) in [5, 5.41) is 7.19. The fraction of sp³-hybridized carbons (Fsp3) is 0.500. The molecule has 0 bridgehead atoms. The molecular weight excluding hydrogens is 344 g/mol. The molecule has 1 aliphatic rings. The molecule has 0 aliphatic carbocycles. The molecule has 3 heterocycles. The zero-order valence-electron chi connectivity index (χ0n) is 14.0. The quantitative estimate of drug-likeness (QED) is 0.817. The maximum absolute atomic E-state index is 12.5. The van der Waals surface area contributed by atoms with Gasteiger partial charge < -0.3 is 9.73 Å². The maximum Gasteiger partial charge on any atom is 0.223 e. The molecule has 0 aromatic carbocycles. The van der Waals surface area contributed by atoms with Crippen LogP contribution in [0.5, 0.6) is 0 Å². The molecule has 1 N–H and O–H groups in total. The molecule has 1 saturated heterocycles. The Labute approximate surface area is 146 Å². The highest BCUT2D eigenvalue weighted by atomic mass is 32.2. The highest BCUT2D eigenvalue weighted by molar-refractivity contribution is 7.88. The van der Waals surface area contributed by atoms with Gasteiger partial charge in [0.05, 0.1) is 12.5 Å². The standard InChI is InChI=1S/C16H22N4O4S/c1-25(22,23)19-9-5-13(6-10-19)16(21)17-12-14(15-4-2-11-24-15)20-8-3-7-18-20/h2-4,7-8,11,13-14H,5-6,9-10,12H2,1H3,(H,17,21). The molecule has 1 aliphatic heterocycles. The zero-order valence-corrected chi connectivity index (χ0v) is 14.9. The monoisotopic (exact) mass is 366 g/mol. The summed E-state index contributed by atoms with van der Waals surface area (Å²) in [6.45, 7) is 1.13. The smallest absolute Gasteiger partial charge is 0.223 e. The van der Waals surface area contributed by atoms with Crippen LogP contribution >= 0.6 is 0 Å². The number of nitrogens with one attached hydrogen (secondary N) is 1.